The highest BCUT2D eigenvalue weighted by atomic mass is 16.6. The number of fused-ring (bicyclic) bond motifs is 6. The number of carbonyl (C=O) groups excluding carboxylic acids is 1. The van der Waals surface area contributed by atoms with Crippen LogP contribution >= 0.6 is 0 Å². The predicted octanol–water partition coefficient (Wildman–Crippen LogP) is 2.64. The lowest BCUT2D eigenvalue weighted by atomic mass is 9.77. The Bertz CT molecular complexity index is 1040. The summed E-state index contributed by atoms with van der Waals surface area (Å²) in [4.78, 5) is 12.5. The molecule has 3 aromatic carbocycles. The van der Waals surface area contributed by atoms with Crippen molar-refractivity contribution in [1.29, 1.82) is 0 Å². The molecule has 3 aromatic rings. The van der Waals surface area contributed by atoms with E-state index in [9.17, 15) is 15.0 Å². The van der Waals surface area contributed by atoms with Crippen molar-refractivity contribution in [2.75, 3.05) is 13.2 Å². The van der Waals surface area contributed by atoms with Gasteiger partial charge in [0.1, 0.15) is 23.0 Å². The van der Waals surface area contributed by atoms with E-state index in [1.54, 1.807) is 24.3 Å². The van der Waals surface area contributed by atoms with E-state index in [0.717, 1.165) is 0 Å². The molecule has 0 saturated heterocycles. The summed E-state index contributed by atoms with van der Waals surface area (Å²) in [6, 6.07) is 16.6. The monoisotopic (exact) mass is 394 g/mol. The first-order valence-electron chi connectivity index (χ1n) is 8.90. The fourth-order valence-electron chi connectivity index (χ4n) is 3.65. The van der Waals surface area contributed by atoms with Crippen molar-refractivity contribution < 1.29 is 34.7 Å². The largest absolute Gasteiger partial charge is 0.508 e. The number of ether oxygens (including phenoxy) is 2. The van der Waals surface area contributed by atoms with Crippen LogP contribution in [0.3, 0.4) is 0 Å². The second kappa shape index (κ2) is 7.12. The lowest BCUT2D eigenvalue weighted by molar-refractivity contribution is 0.0224. The van der Waals surface area contributed by atoms with Crippen molar-refractivity contribution in [3.63, 3.8) is 0 Å². The summed E-state index contributed by atoms with van der Waals surface area (Å²) >= 11 is 0. The first-order valence-corrected chi connectivity index (χ1v) is 8.90. The van der Waals surface area contributed by atoms with Gasteiger partial charge in [0.15, 0.2) is 5.60 Å². The maximum absolute atomic E-state index is 12.5. The molecule has 2 aliphatic rings. The van der Waals surface area contributed by atoms with Gasteiger partial charge in [-0.1, -0.05) is 18.2 Å². The smallest absolute Gasteiger partial charge is 0.340 e. The molecule has 0 bridgehead atoms. The summed E-state index contributed by atoms with van der Waals surface area (Å²) in [5.74, 6) is 0.408. The van der Waals surface area contributed by atoms with Crippen LogP contribution in [0.25, 0.3) is 0 Å². The topological polar surface area (TPSA) is 116 Å². The van der Waals surface area contributed by atoms with Gasteiger partial charge in [0, 0.05) is 28.8 Å². The van der Waals surface area contributed by atoms with E-state index < -0.39 is 11.6 Å². The van der Waals surface area contributed by atoms with Crippen molar-refractivity contribution >= 4 is 5.97 Å². The molecule has 0 aromatic heterocycles. The summed E-state index contributed by atoms with van der Waals surface area (Å²) in [6.07, 6.45) is 0. The van der Waals surface area contributed by atoms with Gasteiger partial charge in [-0.25, -0.2) is 4.79 Å². The third kappa shape index (κ3) is 2.88. The molecule has 1 spiro atoms. The minimum absolute atomic E-state index is 0.0371. The average Bonchev–Trinajstić information content (AvgIpc) is 3.01. The molecule has 7 nitrogen and oxygen atoms in total. The molecule has 0 fully saturated rings. The van der Waals surface area contributed by atoms with E-state index in [2.05, 4.69) is 0 Å². The molecule has 2 aliphatic heterocycles. The Labute approximate surface area is 166 Å². The fourth-order valence-corrected chi connectivity index (χ4v) is 3.65. The van der Waals surface area contributed by atoms with Gasteiger partial charge in [0.25, 0.3) is 0 Å². The zero-order valence-corrected chi connectivity index (χ0v) is 15.2. The zero-order valence-electron chi connectivity index (χ0n) is 15.2. The molecule has 0 amide bonds. The molecular formula is C22H18O7. The van der Waals surface area contributed by atoms with E-state index in [1.165, 1.54) is 24.3 Å². The van der Waals surface area contributed by atoms with Crippen LogP contribution in [0.5, 0.6) is 23.0 Å². The predicted molar refractivity (Wildman–Crippen MR) is 102 cm³/mol. The Morgan fingerprint density at radius 1 is 0.759 bits per heavy atom. The molecule has 2 heterocycles. The third-order valence-corrected chi connectivity index (χ3v) is 4.78. The Kier molecular flexibility index (Phi) is 4.62. The van der Waals surface area contributed by atoms with Gasteiger partial charge >= 0.3 is 5.97 Å². The second-order valence-corrected chi connectivity index (χ2v) is 6.53. The minimum atomic E-state index is -1.17. The van der Waals surface area contributed by atoms with E-state index in [0.29, 0.717) is 33.8 Å². The summed E-state index contributed by atoms with van der Waals surface area (Å²) in [7, 11) is 0. The molecule has 0 radical (unpaired) electrons. The maximum atomic E-state index is 12.5. The molecule has 0 saturated carbocycles. The molecule has 0 unspecified atom stereocenters. The number of hydrogen-bond donors (Lipinski definition) is 4. The lowest BCUT2D eigenvalue weighted by Crippen LogP contribution is -2.32. The number of aliphatic hydroxyl groups excluding tert-OH is 2. The number of hydrogen-bond acceptors (Lipinski definition) is 7. The average molecular weight is 394 g/mol. The van der Waals surface area contributed by atoms with Crippen LogP contribution in [0.4, 0.5) is 0 Å². The van der Waals surface area contributed by atoms with Gasteiger partial charge in [-0.15, -0.1) is 0 Å². The first kappa shape index (κ1) is 18.8. The Hall–Kier alpha value is -3.55. The normalized spacial score (nSPS) is 14.6. The van der Waals surface area contributed by atoms with Crippen LogP contribution < -0.4 is 4.74 Å². The van der Waals surface area contributed by atoms with Crippen molar-refractivity contribution in [1.82, 2.24) is 0 Å². The number of phenolic OH excluding ortho intramolecular Hbond substituents is 2. The molecule has 148 valence electrons. The van der Waals surface area contributed by atoms with Gasteiger partial charge in [0.05, 0.1) is 18.8 Å². The van der Waals surface area contributed by atoms with Gasteiger partial charge in [-0.05, 0) is 30.3 Å². The molecule has 0 aliphatic carbocycles. The van der Waals surface area contributed by atoms with Gasteiger partial charge < -0.3 is 29.9 Å². The van der Waals surface area contributed by atoms with Crippen LogP contribution in [0, 0.1) is 0 Å². The van der Waals surface area contributed by atoms with Crippen LogP contribution in [0.15, 0.2) is 60.7 Å². The number of esters is 1. The van der Waals surface area contributed by atoms with E-state index in [-0.39, 0.29) is 24.7 Å². The summed E-state index contributed by atoms with van der Waals surface area (Å²) in [5.41, 5.74) is 1.28. The summed E-state index contributed by atoms with van der Waals surface area (Å²) in [5, 5.41) is 34.9. The highest BCUT2D eigenvalue weighted by Crippen LogP contribution is 2.56. The summed E-state index contributed by atoms with van der Waals surface area (Å²) < 4.78 is 11.8. The quantitative estimate of drug-likeness (QED) is 0.469. The molecule has 29 heavy (non-hydrogen) atoms. The van der Waals surface area contributed by atoms with Gasteiger partial charge in [0.2, 0.25) is 0 Å². The Morgan fingerprint density at radius 3 is 1.86 bits per heavy atom. The van der Waals surface area contributed by atoms with E-state index >= 15 is 0 Å². The second-order valence-electron chi connectivity index (χ2n) is 6.53. The molecule has 7 heteroatoms. The van der Waals surface area contributed by atoms with Gasteiger partial charge in [-0.2, -0.15) is 0 Å². The van der Waals surface area contributed by atoms with Crippen LogP contribution in [0.2, 0.25) is 0 Å². The molecule has 4 N–H and O–H groups in total. The molecule has 5 rings (SSSR count). The number of carbonyl (C=O) groups is 1. The maximum Gasteiger partial charge on any atom is 0.340 e. The summed E-state index contributed by atoms with van der Waals surface area (Å²) in [6.45, 7) is -0.250. The third-order valence-electron chi connectivity index (χ3n) is 4.78. The zero-order chi connectivity index (χ0) is 20.6. The number of rotatable bonds is 1. The van der Waals surface area contributed by atoms with Crippen LogP contribution in [-0.2, 0) is 10.3 Å². The number of benzene rings is 3. The van der Waals surface area contributed by atoms with Crippen LogP contribution in [0.1, 0.15) is 27.0 Å². The number of aliphatic hydroxyl groups is 2. The number of aromatic hydroxyl groups is 2. The van der Waals surface area contributed by atoms with E-state index in [4.69, 9.17) is 19.7 Å². The van der Waals surface area contributed by atoms with E-state index in [1.807, 2.05) is 12.1 Å². The SMILES string of the molecule is O=C1OC2(c3ccc(O)cc3Oc3cc(O)ccc32)c2ccccc21.OCCO. The molecule has 0 atom stereocenters. The first-order chi connectivity index (χ1) is 14.0. The van der Waals surface area contributed by atoms with Crippen molar-refractivity contribution in [3.05, 3.63) is 82.9 Å². The minimum Gasteiger partial charge on any atom is -0.508 e. The van der Waals surface area contributed by atoms with Crippen molar-refractivity contribution in [3.8, 4) is 23.0 Å². The standard InChI is InChI=1S/C20H12O5.C2H6O2/c21-11-5-7-15-17(9-11)24-18-10-12(22)6-8-16(18)20(15)14-4-2-1-3-13(14)19(23)25-20;3-1-2-4/h1-10,21-22H;3-4H,1-2H2. The molecular weight excluding hydrogens is 376 g/mol. The number of phenols is 2. The van der Waals surface area contributed by atoms with Gasteiger partial charge in [-0.3, -0.25) is 0 Å². The highest BCUT2D eigenvalue weighted by molar-refractivity contribution is 5.97. The Balaban J connectivity index is 0.000000472. The van der Waals surface area contributed by atoms with Crippen LogP contribution in [-0.4, -0.2) is 39.6 Å². The lowest BCUT2D eigenvalue weighted by Gasteiger charge is -2.36. The fraction of sp³-hybridized carbons (Fsp3) is 0.136. The van der Waals surface area contributed by atoms with Crippen molar-refractivity contribution in [2.45, 2.75) is 5.60 Å². The van der Waals surface area contributed by atoms with Crippen molar-refractivity contribution in [2.24, 2.45) is 0 Å². The Morgan fingerprint density at radius 2 is 1.31 bits per heavy atom. The highest BCUT2D eigenvalue weighted by Gasteiger charge is 2.53.